The number of H-pyrrole nitrogens is 1. The molecule has 0 atom stereocenters. The van der Waals surface area contributed by atoms with Crippen LogP contribution in [0.3, 0.4) is 0 Å². The van der Waals surface area contributed by atoms with Crippen molar-refractivity contribution in [3.8, 4) is 11.9 Å². The predicted molar refractivity (Wildman–Crippen MR) is 128 cm³/mol. The number of methoxy groups -OCH3 is 1. The molecule has 0 aliphatic rings. The monoisotopic (exact) mass is 490 g/mol. The van der Waals surface area contributed by atoms with Gasteiger partial charge in [-0.15, -0.1) is 5.10 Å². The number of benzene rings is 2. The lowest BCUT2D eigenvalue weighted by molar-refractivity contribution is 0.101. The molecule has 0 saturated carbocycles. The van der Waals surface area contributed by atoms with E-state index in [-0.39, 0.29) is 22.8 Å². The van der Waals surface area contributed by atoms with Crippen LogP contribution in [0, 0.1) is 23.0 Å². The Morgan fingerprint density at radius 1 is 1.11 bits per heavy atom. The first-order valence-corrected chi connectivity index (χ1v) is 10.6. The van der Waals surface area contributed by atoms with E-state index < -0.39 is 34.4 Å². The molecule has 0 bridgehead atoms. The second-order valence-corrected chi connectivity index (χ2v) is 8.36. The summed E-state index contributed by atoms with van der Waals surface area (Å²) in [4.78, 5) is 29.6. The minimum absolute atomic E-state index is 0.150. The smallest absolute Gasteiger partial charge is 0.261 e. The number of hydrogen-bond donors (Lipinski definition) is 3. The van der Waals surface area contributed by atoms with E-state index in [0.29, 0.717) is 16.6 Å². The van der Waals surface area contributed by atoms with E-state index in [1.165, 1.54) is 31.5 Å². The van der Waals surface area contributed by atoms with Gasteiger partial charge in [0, 0.05) is 5.56 Å². The zero-order chi connectivity index (χ0) is 26.0. The number of nitriles is 1. The zero-order valence-corrected chi connectivity index (χ0v) is 19.4. The van der Waals surface area contributed by atoms with Crippen LogP contribution in [0.5, 0.6) is 5.88 Å². The Balaban J connectivity index is 1.59. The fraction of sp³-hybridized carbons (Fsp3) is 0.160. The minimum atomic E-state index is -1.25. The highest BCUT2D eigenvalue weighted by atomic mass is 19.1. The molecule has 9 nitrogen and oxygen atoms in total. The van der Waals surface area contributed by atoms with Crippen molar-refractivity contribution in [2.24, 2.45) is 0 Å². The van der Waals surface area contributed by atoms with E-state index in [1.54, 1.807) is 26.0 Å². The standard InChI is InChI=1S/C25H20F2N6O3/c1-25(2,12-28)14-6-4-5-13(9-14)22(34)31-18-8-7-17(26)19(20(18)27)23(35)30-15-10-16-21(29-11-15)32-33-24(16)36-3/h4-11H,1-3H3,(H,30,35)(H,31,34)(H,29,32,33). The Kier molecular flexibility index (Phi) is 6.35. The summed E-state index contributed by atoms with van der Waals surface area (Å²) < 4.78 is 34.8. The molecule has 4 rings (SSSR count). The van der Waals surface area contributed by atoms with E-state index in [9.17, 15) is 19.2 Å². The van der Waals surface area contributed by atoms with Crippen molar-refractivity contribution in [1.29, 1.82) is 5.26 Å². The number of anilines is 2. The fourth-order valence-electron chi connectivity index (χ4n) is 3.46. The Morgan fingerprint density at radius 3 is 2.61 bits per heavy atom. The molecule has 11 heteroatoms. The Bertz CT molecular complexity index is 1540. The SMILES string of the molecule is COc1n[nH]c2ncc(NC(=O)c3c(F)ccc(NC(=O)c4cccc(C(C)(C)C#N)c4)c3F)cc12. The van der Waals surface area contributed by atoms with Crippen molar-refractivity contribution in [2.75, 3.05) is 17.7 Å². The van der Waals surface area contributed by atoms with Crippen LogP contribution in [0.1, 0.15) is 40.1 Å². The van der Waals surface area contributed by atoms with Gasteiger partial charge in [0.05, 0.1) is 41.6 Å². The van der Waals surface area contributed by atoms with Crippen LogP contribution in [0.4, 0.5) is 20.2 Å². The quantitative estimate of drug-likeness (QED) is 0.363. The Labute approximate surface area is 204 Å². The second kappa shape index (κ2) is 9.42. The van der Waals surface area contributed by atoms with Crippen LogP contribution < -0.4 is 15.4 Å². The molecular weight excluding hydrogens is 470 g/mol. The van der Waals surface area contributed by atoms with Gasteiger partial charge in [0.2, 0.25) is 5.88 Å². The van der Waals surface area contributed by atoms with E-state index >= 15 is 4.39 Å². The molecule has 3 N–H and O–H groups in total. The highest BCUT2D eigenvalue weighted by Crippen LogP contribution is 2.27. The lowest BCUT2D eigenvalue weighted by Crippen LogP contribution is -2.20. The number of halogens is 2. The summed E-state index contributed by atoms with van der Waals surface area (Å²) in [6, 6.07) is 11.8. The number of rotatable bonds is 6. The molecule has 2 aromatic heterocycles. The molecule has 0 saturated heterocycles. The molecule has 36 heavy (non-hydrogen) atoms. The van der Waals surface area contributed by atoms with Crippen molar-refractivity contribution in [1.82, 2.24) is 15.2 Å². The topological polar surface area (TPSA) is 133 Å². The molecule has 0 unspecified atom stereocenters. The van der Waals surface area contributed by atoms with Gasteiger partial charge in [-0.3, -0.25) is 14.7 Å². The maximum atomic E-state index is 15.2. The average molecular weight is 490 g/mol. The third kappa shape index (κ3) is 4.56. The summed E-state index contributed by atoms with van der Waals surface area (Å²) in [5.74, 6) is -3.90. The summed E-state index contributed by atoms with van der Waals surface area (Å²) >= 11 is 0. The number of pyridine rings is 1. The van der Waals surface area contributed by atoms with Crippen LogP contribution in [-0.2, 0) is 5.41 Å². The summed E-state index contributed by atoms with van der Waals surface area (Å²) in [5, 5.41) is 21.1. The summed E-state index contributed by atoms with van der Waals surface area (Å²) in [7, 11) is 1.41. The summed E-state index contributed by atoms with van der Waals surface area (Å²) in [6.07, 6.45) is 1.29. The van der Waals surface area contributed by atoms with Gasteiger partial charge < -0.3 is 15.4 Å². The molecule has 0 fully saturated rings. The molecule has 0 aliphatic carbocycles. The zero-order valence-electron chi connectivity index (χ0n) is 19.4. The highest BCUT2D eigenvalue weighted by molar-refractivity contribution is 6.08. The number of nitrogens with one attached hydrogen (secondary N) is 3. The highest BCUT2D eigenvalue weighted by Gasteiger charge is 2.24. The first-order chi connectivity index (χ1) is 17.1. The molecule has 2 heterocycles. The molecule has 0 radical (unpaired) electrons. The lowest BCUT2D eigenvalue weighted by atomic mass is 9.85. The van der Waals surface area contributed by atoms with Crippen molar-refractivity contribution < 1.29 is 23.1 Å². The van der Waals surface area contributed by atoms with Gasteiger partial charge in [-0.2, -0.15) is 5.26 Å². The van der Waals surface area contributed by atoms with Crippen LogP contribution in [-0.4, -0.2) is 34.1 Å². The molecule has 2 aromatic carbocycles. The van der Waals surface area contributed by atoms with Crippen LogP contribution in [0.25, 0.3) is 11.0 Å². The molecule has 0 spiro atoms. The van der Waals surface area contributed by atoms with E-state index in [0.717, 1.165) is 12.1 Å². The van der Waals surface area contributed by atoms with Crippen LogP contribution in [0.2, 0.25) is 0 Å². The Morgan fingerprint density at radius 2 is 1.89 bits per heavy atom. The number of fused-ring (bicyclic) bond motifs is 1. The molecule has 4 aromatic rings. The number of amides is 2. The van der Waals surface area contributed by atoms with Crippen molar-refractivity contribution in [3.05, 3.63) is 77.0 Å². The van der Waals surface area contributed by atoms with Gasteiger partial charge in [0.25, 0.3) is 11.8 Å². The average Bonchev–Trinajstić information content (AvgIpc) is 3.28. The molecule has 182 valence electrons. The van der Waals surface area contributed by atoms with Gasteiger partial charge in [0.1, 0.15) is 11.4 Å². The number of hydrogen-bond acceptors (Lipinski definition) is 6. The third-order valence-corrected chi connectivity index (χ3v) is 5.53. The normalized spacial score (nSPS) is 11.1. The number of aromatic nitrogens is 3. The first-order valence-electron chi connectivity index (χ1n) is 10.6. The van der Waals surface area contributed by atoms with Gasteiger partial charge in [-0.25, -0.2) is 13.8 Å². The van der Waals surface area contributed by atoms with E-state index in [2.05, 4.69) is 31.9 Å². The van der Waals surface area contributed by atoms with Gasteiger partial charge in [0.15, 0.2) is 11.5 Å². The second-order valence-electron chi connectivity index (χ2n) is 8.36. The molecule has 0 aliphatic heterocycles. The van der Waals surface area contributed by atoms with Crippen molar-refractivity contribution >= 4 is 34.2 Å². The molecular formula is C25H20F2N6O3. The summed E-state index contributed by atoms with van der Waals surface area (Å²) in [5.41, 5.74) is -0.809. The van der Waals surface area contributed by atoms with Crippen molar-refractivity contribution in [2.45, 2.75) is 19.3 Å². The van der Waals surface area contributed by atoms with Crippen molar-refractivity contribution in [3.63, 3.8) is 0 Å². The fourth-order valence-corrected chi connectivity index (χ4v) is 3.46. The van der Waals surface area contributed by atoms with E-state index in [4.69, 9.17) is 4.74 Å². The maximum absolute atomic E-state index is 15.2. The number of carbonyl (C=O) groups is 2. The Hall–Kier alpha value is -4.85. The first kappa shape index (κ1) is 24.3. The van der Waals surface area contributed by atoms with Crippen LogP contribution >= 0.6 is 0 Å². The minimum Gasteiger partial charge on any atom is -0.479 e. The number of carbonyl (C=O) groups excluding carboxylic acids is 2. The van der Waals surface area contributed by atoms with Crippen LogP contribution in [0.15, 0.2) is 48.7 Å². The number of ether oxygens (including phenoxy) is 1. The predicted octanol–water partition coefficient (Wildman–Crippen LogP) is 4.55. The maximum Gasteiger partial charge on any atom is 0.261 e. The van der Waals surface area contributed by atoms with Gasteiger partial charge in [-0.05, 0) is 49.7 Å². The lowest BCUT2D eigenvalue weighted by Gasteiger charge is -2.17. The number of nitrogens with zero attached hydrogens (tertiary/aromatic N) is 3. The third-order valence-electron chi connectivity index (χ3n) is 5.53. The van der Waals surface area contributed by atoms with Gasteiger partial charge >= 0.3 is 0 Å². The number of aromatic amines is 1. The largest absolute Gasteiger partial charge is 0.479 e. The van der Waals surface area contributed by atoms with E-state index in [1.807, 2.05) is 0 Å². The summed E-state index contributed by atoms with van der Waals surface area (Å²) in [6.45, 7) is 3.40. The molecule has 2 amide bonds. The van der Waals surface area contributed by atoms with Gasteiger partial charge in [-0.1, -0.05) is 12.1 Å².